The fraction of sp³-hybridized carbons (Fsp3) is 0.417. The summed E-state index contributed by atoms with van der Waals surface area (Å²) in [6.45, 7) is 0.603. The van der Waals surface area contributed by atoms with Crippen molar-refractivity contribution < 1.29 is 13.2 Å². The minimum atomic E-state index is -3.82. The van der Waals surface area contributed by atoms with Crippen LogP contribution in [0.15, 0.2) is 23.1 Å². The van der Waals surface area contributed by atoms with E-state index in [9.17, 15) is 13.2 Å². The molecule has 110 valence electrons. The number of nitrogens with zero attached hydrogens (tertiary/aromatic N) is 1. The molecule has 1 aromatic rings. The van der Waals surface area contributed by atoms with E-state index in [1.54, 1.807) is 4.90 Å². The molecular formula is C12H18N4O3S. The Kier molecular flexibility index (Phi) is 3.87. The molecular weight excluding hydrogens is 280 g/mol. The van der Waals surface area contributed by atoms with Crippen molar-refractivity contribution in [2.45, 2.75) is 30.2 Å². The van der Waals surface area contributed by atoms with Gasteiger partial charge in [-0.25, -0.2) is 13.6 Å². The Balaban J connectivity index is 2.47. The number of anilines is 2. The predicted molar refractivity (Wildman–Crippen MR) is 76.4 cm³/mol. The Labute approximate surface area is 117 Å². The number of hydrogen-bond acceptors (Lipinski definition) is 5. The molecule has 0 radical (unpaired) electrons. The third-order valence-electron chi connectivity index (χ3n) is 3.47. The third kappa shape index (κ3) is 2.86. The second-order valence-corrected chi connectivity index (χ2v) is 6.43. The highest BCUT2D eigenvalue weighted by atomic mass is 32.2. The summed E-state index contributed by atoms with van der Waals surface area (Å²) < 4.78 is 22.8. The van der Waals surface area contributed by atoms with Crippen LogP contribution in [0.1, 0.15) is 19.3 Å². The zero-order chi connectivity index (χ0) is 14.9. The molecule has 1 fully saturated rings. The maximum Gasteiger partial charge on any atom is 0.240 e. The van der Waals surface area contributed by atoms with E-state index in [0.29, 0.717) is 24.3 Å². The van der Waals surface area contributed by atoms with E-state index in [2.05, 4.69) is 0 Å². The Morgan fingerprint density at radius 1 is 1.30 bits per heavy atom. The maximum absolute atomic E-state index is 11.5. The van der Waals surface area contributed by atoms with Gasteiger partial charge in [0.25, 0.3) is 0 Å². The van der Waals surface area contributed by atoms with Crippen LogP contribution in [0.2, 0.25) is 0 Å². The lowest BCUT2D eigenvalue weighted by Crippen LogP contribution is -2.48. The summed E-state index contributed by atoms with van der Waals surface area (Å²) in [5.41, 5.74) is 12.2. The van der Waals surface area contributed by atoms with Gasteiger partial charge in [-0.3, -0.25) is 4.79 Å². The lowest BCUT2D eigenvalue weighted by molar-refractivity contribution is -0.119. The van der Waals surface area contributed by atoms with Gasteiger partial charge in [-0.1, -0.05) is 0 Å². The topological polar surface area (TPSA) is 133 Å². The molecule has 6 N–H and O–H groups in total. The smallest absolute Gasteiger partial charge is 0.240 e. The number of rotatable bonds is 3. The van der Waals surface area contributed by atoms with Crippen LogP contribution in [-0.4, -0.2) is 26.9 Å². The average molecular weight is 298 g/mol. The first-order valence-corrected chi connectivity index (χ1v) is 7.83. The van der Waals surface area contributed by atoms with Crippen LogP contribution < -0.4 is 21.5 Å². The minimum Gasteiger partial charge on any atom is -0.397 e. The van der Waals surface area contributed by atoms with Crippen LogP contribution in [0.4, 0.5) is 11.4 Å². The molecule has 1 heterocycles. The van der Waals surface area contributed by atoms with E-state index in [4.69, 9.17) is 16.6 Å². The summed E-state index contributed by atoms with van der Waals surface area (Å²) in [6, 6.07) is 3.74. The van der Waals surface area contributed by atoms with Crippen LogP contribution in [0, 0.1) is 0 Å². The molecule has 0 spiro atoms. The molecule has 8 heteroatoms. The normalized spacial score (nSPS) is 19.9. The number of piperidine rings is 1. The first-order valence-electron chi connectivity index (χ1n) is 6.29. The lowest BCUT2D eigenvalue weighted by atomic mass is 10.0. The maximum atomic E-state index is 11.5. The molecule has 1 aromatic carbocycles. The zero-order valence-electron chi connectivity index (χ0n) is 11.0. The van der Waals surface area contributed by atoms with Crippen LogP contribution >= 0.6 is 0 Å². The molecule has 1 amide bonds. The van der Waals surface area contributed by atoms with Crippen molar-refractivity contribution in [1.82, 2.24) is 0 Å². The third-order valence-corrected chi connectivity index (χ3v) is 4.38. The summed E-state index contributed by atoms with van der Waals surface area (Å²) in [7, 11) is -3.82. The van der Waals surface area contributed by atoms with E-state index in [1.165, 1.54) is 18.2 Å². The first kappa shape index (κ1) is 14.6. The number of benzene rings is 1. The Morgan fingerprint density at radius 2 is 2.00 bits per heavy atom. The first-order chi connectivity index (χ1) is 9.30. The second kappa shape index (κ2) is 5.29. The molecule has 0 aromatic heterocycles. The van der Waals surface area contributed by atoms with Gasteiger partial charge < -0.3 is 16.4 Å². The van der Waals surface area contributed by atoms with Crippen molar-refractivity contribution >= 4 is 27.3 Å². The number of amides is 1. The fourth-order valence-corrected chi connectivity index (χ4v) is 3.00. The van der Waals surface area contributed by atoms with Gasteiger partial charge in [-0.2, -0.15) is 0 Å². The monoisotopic (exact) mass is 298 g/mol. The van der Waals surface area contributed by atoms with Crippen molar-refractivity contribution in [2.24, 2.45) is 10.9 Å². The Hall–Kier alpha value is -1.80. The molecule has 1 unspecified atom stereocenters. The molecule has 1 aliphatic heterocycles. The number of hydrogen-bond donors (Lipinski definition) is 3. The summed E-state index contributed by atoms with van der Waals surface area (Å²) in [4.78, 5) is 13.3. The molecule has 0 bridgehead atoms. The number of nitrogen functional groups attached to an aromatic ring is 1. The van der Waals surface area contributed by atoms with Gasteiger partial charge in [-0.15, -0.1) is 0 Å². The van der Waals surface area contributed by atoms with Gasteiger partial charge in [0, 0.05) is 6.54 Å². The van der Waals surface area contributed by atoms with Crippen LogP contribution in [0.5, 0.6) is 0 Å². The number of carbonyl (C=O) groups excluding carboxylic acids is 1. The highest BCUT2D eigenvalue weighted by Gasteiger charge is 2.28. The second-order valence-electron chi connectivity index (χ2n) is 4.87. The highest BCUT2D eigenvalue weighted by molar-refractivity contribution is 7.89. The predicted octanol–water partition coefficient (Wildman–Crippen LogP) is -0.240. The minimum absolute atomic E-state index is 0.0320. The standard InChI is InChI=1S/C12H18N4O3S/c13-9-5-4-8(20(15,18)19)7-11(9)16-6-2-1-3-10(16)12(14)17/h4-5,7,10H,1-3,6,13H2,(H2,14,17)(H2,15,18,19). The molecule has 0 aliphatic carbocycles. The molecule has 1 saturated heterocycles. The van der Waals surface area contributed by atoms with Gasteiger partial charge in [0.05, 0.1) is 16.3 Å². The van der Waals surface area contributed by atoms with Gasteiger partial charge in [0.15, 0.2) is 0 Å². The summed E-state index contributed by atoms with van der Waals surface area (Å²) in [6.07, 6.45) is 2.43. The van der Waals surface area contributed by atoms with E-state index in [0.717, 1.165) is 12.8 Å². The van der Waals surface area contributed by atoms with Gasteiger partial charge in [-0.05, 0) is 37.5 Å². The molecule has 2 rings (SSSR count). The van der Waals surface area contributed by atoms with Crippen molar-refractivity contribution in [2.75, 3.05) is 17.2 Å². The molecule has 1 aliphatic rings. The Morgan fingerprint density at radius 3 is 2.60 bits per heavy atom. The highest BCUT2D eigenvalue weighted by Crippen LogP contribution is 2.31. The number of primary amides is 1. The van der Waals surface area contributed by atoms with E-state index in [1.807, 2.05) is 0 Å². The van der Waals surface area contributed by atoms with Crippen LogP contribution in [-0.2, 0) is 14.8 Å². The number of nitrogens with two attached hydrogens (primary N) is 3. The van der Waals surface area contributed by atoms with Crippen molar-refractivity contribution in [1.29, 1.82) is 0 Å². The Bertz CT molecular complexity index is 630. The fourth-order valence-electron chi connectivity index (χ4n) is 2.46. The van der Waals surface area contributed by atoms with E-state index in [-0.39, 0.29) is 4.90 Å². The number of sulfonamides is 1. The lowest BCUT2D eigenvalue weighted by Gasteiger charge is -2.36. The zero-order valence-corrected chi connectivity index (χ0v) is 11.8. The molecule has 1 atom stereocenters. The molecule has 20 heavy (non-hydrogen) atoms. The average Bonchev–Trinajstić information content (AvgIpc) is 2.38. The van der Waals surface area contributed by atoms with Crippen LogP contribution in [0.25, 0.3) is 0 Å². The van der Waals surface area contributed by atoms with Crippen molar-refractivity contribution in [3.8, 4) is 0 Å². The van der Waals surface area contributed by atoms with E-state index >= 15 is 0 Å². The summed E-state index contributed by atoms with van der Waals surface area (Å²) in [5, 5.41) is 5.12. The number of primary sulfonamides is 1. The largest absolute Gasteiger partial charge is 0.397 e. The van der Waals surface area contributed by atoms with Gasteiger partial charge >= 0.3 is 0 Å². The molecule has 7 nitrogen and oxygen atoms in total. The summed E-state index contributed by atoms with van der Waals surface area (Å²) in [5.74, 6) is -0.440. The quantitative estimate of drug-likeness (QED) is 0.662. The van der Waals surface area contributed by atoms with Gasteiger partial charge in [0.2, 0.25) is 15.9 Å². The summed E-state index contributed by atoms with van der Waals surface area (Å²) >= 11 is 0. The SMILES string of the molecule is NC(=O)C1CCCCN1c1cc(S(N)(=O)=O)ccc1N. The number of carbonyl (C=O) groups is 1. The molecule has 0 saturated carbocycles. The van der Waals surface area contributed by atoms with Crippen molar-refractivity contribution in [3.63, 3.8) is 0 Å². The van der Waals surface area contributed by atoms with Crippen LogP contribution in [0.3, 0.4) is 0 Å². The van der Waals surface area contributed by atoms with Crippen molar-refractivity contribution in [3.05, 3.63) is 18.2 Å². The van der Waals surface area contributed by atoms with E-state index < -0.39 is 22.0 Å². The van der Waals surface area contributed by atoms with Gasteiger partial charge in [0.1, 0.15) is 6.04 Å².